The fourth-order valence-corrected chi connectivity index (χ4v) is 2.38. The number of hydrogen-bond donors (Lipinski definition) is 2. The normalized spacial score (nSPS) is 19.4. The molecule has 1 aliphatic rings. The molecule has 1 aromatic carbocycles. The Morgan fingerprint density at radius 1 is 1.48 bits per heavy atom. The summed E-state index contributed by atoms with van der Waals surface area (Å²) in [6.45, 7) is 1.76. The van der Waals surface area contributed by atoms with Gasteiger partial charge in [0.05, 0.1) is 0 Å². The van der Waals surface area contributed by atoms with Crippen LogP contribution in [0.2, 0.25) is 5.02 Å². The van der Waals surface area contributed by atoms with Crippen LogP contribution in [-0.2, 0) is 14.4 Å². The molecule has 2 N–H and O–H groups in total. The number of carbonyl (C=O) groups excluding carboxylic acids is 2. The average Bonchev–Trinajstić information content (AvgIpc) is 2.80. The highest BCUT2D eigenvalue weighted by Crippen LogP contribution is 2.27. The van der Waals surface area contributed by atoms with E-state index in [0.717, 1.165) is 0 Å². The van der Waals surface area contributed by atoms with Gasteiger partial charge in [-0.1, -0.05) is 17.7 Å². The van der Waals surface area contributed by atoms with Crippen molar-refractivity contribution in [1.29, 1.82) is 0 Å². The van der Waals surface area contributed by atoms with Gasteiger partial charge in [0, 0.05) is 17.3 Å². The Morgan fingerprint density at radius 3 is 2.81 bits per heavy atom. The van der Waals surface area contributed by atoms with Crippen molar-refractivity contribution in [1.82, 2.24) is 5.32 Å². The molecule has 0 aliphatic carbocycles. The Balaban J connectivity index is 2.08. The SMILES string of the molecule is CC(NC(=O)C1CCN(c2cccc(Cl)c2)C1=O)C(=O)O. The minimum absolute atomic E-state index is 0.340. The first-order chi connectivity index (χ1) is 9.90. The van der Waals surface area contributed by atoms with Crippen LogP contribution in [0.5, 0.6) is 0 Å². The van der Waals surface area contributed by atoms with Crippen LogP contribution in [0.25, 0.3) is 0 Å². The van der Waals surface area contributed by atoms with Crippen molar-refractivity contribution < 1.29 is 19.5 Å². The van der Waals surface area contributed by atoms with E-state index in [1.807, 2.05) is 0 Å². The van der Waals surface area contributed by atoms with E-state index in [1.165, 1.54) is 11.8 Å². The van der Waals surface area contributed by atoms with Crippen LogP contribution in [0, 0.1) is 5.92 Å². The molecule has 0 bridgehead atoms. The van der Waals surface area contributed by atoms with Gasteiger partial charge < -0.3 is 15.3 Å². The minimum atomic E-state index is -1.14. The number of nitrogens with zero attached hydrogens (tertiary/aromatic N) is 1. The van der Waals surface area contributed by atoms with Crippen LogP contribution in [0.1, 0.15) is 13.3 Å². The van der Waals surface area contributed by atoms with E-state index in [4.69, 9.17) is 16.7 Å². The molecule has 1 aromatic rings. The molecule has 2 amide bonds. The summed E-state index contributed by atoms with van der Waals surface area (Å²) in [5.41, 5.74) is 0.633. The molecule has 112 valence electrons. The molecule has 2 rings (SSSR count). The van der Waals surface area contributed by atoms with Gasteiger partial charge in [0.25, 0.3) is 0 Å². The van der Waals surface area contributed by atoms with Crippen molar-refractivity contribution in [3.05, 3.63) is 29.3 Å². The standard InChI is InChI=1S/C14H15ClN2O4/c1-8(14(20)21)16-12(18)11-5-6-17(13(11)19)10-4-2-3-9(15)7-10/h2-4,7-8,11H,5-6H2,1H3,(H,16,18)(H,20,21). The molecular weight excluding hydrogens is 296 g/mol. The molecule has 0 aromatic heterocycles. The van der Waals surface area contributed by atoms with E-state index in [0.29, 0.717) is 23.7 Å². The number of anilines is 1. The summed E-state index contributed by atoms with van der Waals surface area (Å²) in [5, 5.41) is 11.6. The molecule has 1 aliphatic heterocycles. The highest BCUT2D eigenvalue weighted by atomic mass is 35.5. The molecular formula is C14H15ClN2O4. The number of aliphatic carboxylic acids is 1. The second kappa shape index (κ2) is 6.13. The number of carboxylic acid groups (broad SMARTS) is 1. The summed E-state index contributed by atoms with van der Waals surface area (Å²) in [4.78, 5) is 36.5. The summed E-state index contributed by atoms with van der Waals surface area (Å²) in [6, 6.07) is 5.80. The zero-order valence-corrected chi connectivity index (χ0v) is 12.1. The predicted molar refractivity (Wildman–Crippen MR) is 77.2 cm³/mol. The number of amides is 2. The lowest BCUT2D eigenvalue weighted by atomic mass is 10.1. The lowest BCUT2D eigenvalue weighted by Crippen LogP contribution is -2.44. The summed E-state index contributed by atoms with van der Waals surface area (Å²) in [5.74, 6) is -2.89. The molecule has 21 heavy (non-hydrogen) atoms. The third kappa shape index (κ3) is 3.33. The van der Waals surface area contributed by atoms with E-state index >= 15 is 0 Å². The molecule has 6 nitrogen and oxygen atoms in total. The monoisotopic (exact) mass is 310 g/mol. The van der Waals surface area contributed by atoms with E-state index in [-0.39, 0.29) is 5.91 Å². The van der Waals surface area contributed by atoms with E-state index < -0.39 is 23.8 Å². The lowest BCUT2D eigenvalue weighted by molar-refractivity contribution is -0.143. The lowest BCUT2D eigenvalue weighted by Gasteiger charge is -2.17. The molecule has 1 saturated heterocycles. The van der Waals surface area contributed by atoms with Crippen LogP contribution >= 0.6 is 11.6 Å². The Morgan fingerprint density at radius 2 is 2.19 bits per heavy atom. The van der Waals surface area contributed by atoms with Crippen molar-refractivity contribution in [2.75, 3.05) is 11.4 Å². The zero-order chi connectivity index (χ0) is 15.6. The van der Waals surface area contributed by atoms with Crippen molar-refractivity contribution in [3.63, 3.8) is 0 Å². The maximum atomic E-state index is 12.3. The largest absolute Gasteiger partial charge is 0.480 e. The first-order valence-corrected chi connectivity index (χ1v) is 6.88. The van der Waals surface area contributed by atoms with Gasteiger partial charge in [-0.2, -0.15) is 0 Å². The fourth-order valence-electron chi connectivity index (χ4n) is 2.20. The highest BCUT2D eigenvalue weighted by molar-refractivity contribution is 6.31. The molecule has 2 atom stereocenters. The van der Waals surface area contributed by atoms with Gasteiger partial charge in [-0.15, -0.1) is 0 Å². The van der Waals surface area contributed by atoms with Crippen molar-refractivity contribution >= 4 is 35.1 Å². The van der Waals surface area contributed by atoms with E-state index in [2.05, 4.69) is 5.32 Å². The van der Waals surface area contributed by atoms with E-state index in [9.17, 15) is 14.4 Å². The van der Waals surface area contributed by atoms with Crippen LogP contribution in [0.4, 0.5) is 5.69 Å². The van der Waals surface area contributed by atoms with E-state index in [1.54, 1.807) is 24.3 Å². The second-order valence-corrected chi connectivity index (χ2v) is 5.32. The van der Waals surface area contributed by atoms with Crippen molar-refractivity contribution in [2.24, 2.45) is 5.92 Å². The average molecular weight is 311 g/mol. The maximum Gasteiger partial charge on any atom is 0.325 e. The van der Waals surface area contributed by atoms with Crippen LogP contribution in [-0.4, -0.2) is 35.5 Å². The number of benzene rings is 1. The summed E-state index contributed by atoms with van der Waals surface area (Å²) in [6.07, 6.45) is 0.351. The van der Waals surface area contributed by atoms with Crippen LogP contribution < -0.4 is 10.2 Å². The van der Waals surface area contributed by atoms with Gasteiger partial charge in [-0.25, -0.2) is 0 Å². The molecule has 0 saturated carbocycles. The number of carbonyl (C=O) groups is 3. The quantitative estimate of drug-likeness (QED) is 0.820. The van der Waals surface area contributed by atoms with Gasteiger partial charge in [0.15, 0.2) is 0 Å². The number of carboxylic acids is 1. The van der Waals surface area contributed by atoms with Gasteiger partial charge in [0.2, 0.25) is 11.8 Å². The van der Waals surface area contributed by atoms with Crippen molar-refractivity contribution in [3.8, 4) is 0 Å². The van der Waals surface area contributed by atoms with Gasteiger partial charge in [0.1, 0.15) is 12.0 Å². The van der Waals surface area contributed by atoms with Crippen molar-refractivity contribution in [2.45, 2.75) is 19.4 Å². The Kier molecular flexibility index (Phi) is 4.47. The highest BCUT2D eigenvalue weighted by Gasteiger charge is 2.38. The number of halogens is 1. The Hall–Kier alpha value is -2.08. The number of nitrogens with one attached hydrogen (secondary N) is 1. The topological polar surface area (TPSA) is 86.7 Å². The molecule has 2 unspecified atom stereocenters. The number of hydrogen-bond acceptors (Lipinski definition) is 3. The number of rotatable bonds is 4. The van der Waals surface area contributed by atoms with Gasteiger partial charge >= 0.3 is 5.97 Å². The zero-order valence-electron chi connectivity index (χ0n) is 11.4. The van der Waals surface area contributed by atoms with Gasteiger partial charge in [-0.3, -0.25) is 14.4 Å². The summed E-state index contributed by atoms with van der Waals surface area (Å²) >= 11 is 5.89. The summed E-state index contributed by atoms with van der Waals surface area (Å²) < 4.78 is 0. The Bertz CT molecular complexity index is 590. The third-order valence-electron chi connectivity index (χ3n) is 3.37. The minimum Gasteiger partial charge on any atom is -0.480 e. The smallest absolute Gasteiger partial charge is 0.325 e. The predicted octanol–water partition coefficient (Wildman–Crippen LogP) is 1.28. The molecule has 1 heterocycles. The first kappa shape index (κ1) is 15.3. The van der Waals surface area contributed by atoms with Gasteiger partial charge in [-0.05, 0) is 31.5 Å². The third-order valence-corrected chi connectivity index (χ3v) is 3.61. The molecule has 1 fully saturated rings. The first-order valence-electron chi connectivity index (χ1n) is 6.50. The molecule has 0 spiro atoms. The van der Waals surface area contributed by atoms with Crippen LogP contribution in [0.15, 0.2) is 24.3 Å². The maximum absolute atomic E-state index is 12.3. The Labute approximate surface area is 126 Å². The summed E-state index contributed by atoms with van der Waals surface area (Å²) in [7, 11) is 0. The fraction of sp³-hybridized carbons (Fsp3) is 0.357. The molecule has 0 radical (unpaired) electrons. The van der Waals surface area contributed by atoms with Crippen LogP contribution in [0.3, 0.4) is 0 Å². The molecule has 7 heteroatoms. The second-order valence-electron chi connectivity index (χ2n) is 4.88.